The highest BCUT2D eigenvalue weighted by atomic mass is 16.3. The van der Waals surface area contributed by atoms with Crippen molar-refractivity contribution in [2.45, 2.75) is 72.1 Å². The Labute approximate surface area is 210 Å². The van der Waals surface area contributed by atoms with Gasteiger partial charge >= 0.3 is 0 Å². The number of benzene rings is 2. The largest absolute Gasteiger partial charge is 0.396 e. The van der Waals surface area contributed by atoms with Crippen LogP contribution in [-0.2, 0) is 12.8 Å². The molecule has 4 aromatic rings. The van der Waals surface area contributed by atoms with Gasteiger partial charge in [0.25, 0.3) is 0 Å². The van der Waals surface area contributed by atoms with Crippen LogP contribution >= 0.6 is 0 Å². The number of aliphatic hydroxyl groups is 1. The maximum atomic E-state index is 10.5. The number of nitrogens with one attached hydrogen (secondary N) is 1. The van der Waals surface area contributed by atoms with E-state index >= 15 is 0 Å². The second kappa shape index (κ2) is 11.2. The number of hydrogen-bond donors (Lipinski definition) is 2. The molecule has 0 aliphatic rings. The second-order valence-corrected chi connectivity index (χ2v) is 10.0. The lowest BCUT2D eigenvalue weighted by molar-refractivity contribution is 0.204. The molecule has 0 aliphatic carbocycles. The molecule has 0 amide bonds. The van der Waals surface area contributed by atoms with Crippen molar-refractivity contribution in [3.8, 4) is 11.1 Å². The second-order valence-electron chi connectivity index (χ2n) is 10.0. The number of aryl methyl sites for hydroxylation is 2. The average Bonchev–Trinajstić information content (AvgIpc) is 3.31. The molecular formula is C32H40N2O. The van der Waals surface area contributed by atoms with Crippen LogP contribution in [0.2, 0.25) is 0 Å². The van der Waals surface area contributed by atoms with Crippen LogP contribution in [0.25, 0.3) is 22.0 Å². The van der Waals surface area contributed by atoms with Gasteiger partial charge in [0.15, 0.2) is 0 Å². The van der Waals surface area contributed by atoms with Crippen LogP contribution in [0.3, 0.4) is 0 Å². The zero-order valence-corrected chi connectivity index (χ0v) is 21.9. The van der Waals surface area contributed by atoms with Gasteiger partial charge in [-0.15, -0.1) is 0 Å². The molecule has 35 heavy (non-hydrogen) atoms. The molecule has 2 atom stereocenters. The zero-order chi connectivity index (χ0) is 24.9. The Morgan fingerprint density at radius 1 is 0.943 bits per heavy atom. The molecule has 3 nitrogen and oxygen atoms in total. The molecule has 2 unspecified atom stereocenters. The summed E-state index contributed by atoms with van der Waals surface area (Å²) in [6, 6.07) is 15.9. The standard InChI is InChI=1S/C32H40N2O/c1-6-10-25(20-35)32(29-18-34-30-19-33-16-15-27(29)30)24-13-14-26(21(4)5)28(17-24)31-22(7-2)11-9-12-23(31)8-3/h9,11-19,21,25,32,34-35H,6-8,10,20H2,1-5H3. The fourth-order valence-electron chi connectivity index (χ4n) is 5.77. The van der Waals surface area contributed by atoms with E-state index in [-0.39, 0.29) is 18.4 Å². The molecule has 2 aromatic heterocycles. The van der Waals surface area contributed by atoms with Gasteiger partial charge < -0.3 is 10.1 Å². The van der Waals surface area contributed by atoms with Crippen molar-refractivity contribution in [1.82, 2.24) is 9.97 Å². The Kier molecular flexibility index (Phi) is 8.07. The molecule has 0 spiro atoms. The van der Waals surface area contributed by atoms with E-state index in [0.717, 1.165) is 31.2 Å². The highest BCUT2D eigenvalue weighted by Crippen LogP contribution is 2.42. The smallest absolute Gasteiger partial charge is 0.0643 e. The van der Waals surface area contributed by atoms with Crippen LogP contribution < -0.4 is 0 Å². The molecule has 184 valence electrons. The Morgan fingerprint density at radius 3 is 2.31 bits per heavy atom. The van der Waals surface area contributed by atoms with Gasteiger partial charge in [-0.25, -0.2) is 0 Å². The van der Waals surface area contributed by atoms with E-state index in [4.69, 9.17) is 0 Å². The summed E-state index contributed by atoms with van der Waals surface area (Å²) in [5.41, 5.74) is 10.5. The van der Waals surface area contributed by atoms with Gasteiger partial charge in [-0.3, -0.25) is 4.98 Å². The minimum Gasteiger partial charge on any atom is -0.396 e. The van der Waals surface area contributed by atoms with Crippen molar-refractivity contribution in [2.24, 2.45) is 5.92 Å². The summed E-state index contributed by atoms with van der Waals surface area (Å²) in [7, 11) is 0. The first-order valence-electron chi connectivity index (χ1n) is 13.3. The third kappa shape index (κ3) is 4.92. The molecule has 0 fully saturated rings. The fourth-order valence-corrected chi connectivity index (χ4v) is 5.77. The predicted molar refractivity (Wildman–Crippen MR) is 148 cm³/mol. The quantitative estimate of drug-likeness (QED) is 0.247. The topological polar surface area (TPSA) is 48.9 Å². The van der Waals surface area contributed by atoms with Gasteiger partial charge in [0.05, 0.1) is 11.7 Å². The summed E-state index contributed by atoms with van der Waals surface area (Å²) < 4.78 is 0. The number of aromatic nitrogens is 2. The monoisotopic (exact) mass is 468 g/mol. The predicted octanol–water partition coefficient (Wildman–Crippen LogP) is 8.02. The Balaban J connectivity index is 1.98. The number of aromatic amines is 1. The Bertz CT molecular complexity index is 1250. The average molecular weight is 469 g/mol. The van der Waals surface area contributed by atoms with Crippen LogP contribution in [0.15, 0.2) is 61.1 Å². The molecule has 2 heterocycles. The molecule has 0 radical (unpaired) electrons. The van der Waals surface area contributed by atoms with Crippen LogP contribution in [0.5, 0.6) is 0 Å². The molecule has 2 aromatic carbocycles. The highest BCUT2D eigenvalue weighted by molar-refractivity contribution is 5.84. The van der Waals surface area contributed by atoms with E-state index in [1.807, 2.05) is 12.4 Å². The van der Waals surface area contributed by atoms with Gasteiger partial charge in [0, 0.05) is 30.3 Å². The molecule has 0 aliphatic heterocycles. The van der Waals surface area contributed by atoms with E-state index in [1.54, 1.807) is 0 Å². The Morgan fingerprint density at radius 2 is 1.69 bits per heavy atom. The molecule has 0 bridgehead atoms. The number of nitrogens with zero attached hydrogens (tertiary/aromatic N) is 1. The lowest BCUT2D eigenvalue weighted by Crippen LogP contribution is -2.18. The maximum absolute atomic E-state index is 10.5. The fraction of sp³-hybridized carbons (Fsp3) is 0.406. The summed E-state index contributed by atoms with van der Waals surface area (Å²) >= 11 is 0. The van der Waals surface area contributed by atoms with Gasteiger partial charge in [-0.2, -0.15) is 0 Å². The van der Waals surface area contributed by atoms with E-state index in [9.17, 15) is 5.11 Å². The highest BCUT2D eigenvalue weighted by Gasteiger charge is 2.28. The third-order valence-corrected chi connectivity index (χ3v) is 7.54. The number of fused-ring (bicyclic) bond motifs is 1. The summed E-state index contributed by atoms with van der Waals surface area (Å²) in [4.78, 5) is 7.73. The molecular weight excluding hydrogens is 428 g/mol. The van der Waals surface area contributed by atoms with Crippen LogP contribution in [0.4, 0.5) is 0 Å². The van der Waals surface area contributed by atoms with Crippen molar-refractivity contribution in [3.63, 3.8) is 0 Å². The summed E-state index contributed by atoms with van der Waals surface area (Å²) in [6.45, 7) is 11.5. The summed E-state index contributed by atoms with van der Waals surface area (Å²) in [5, 5.41) is 11.7. The van der Waals surface area contributed by atoms with Crippen molar-refractivity contribution in [3.05, 3.63) is 88.9 Å². The maximum Gasteiger partial charge on any atom is 0.0643 e. The minimum absolute atomic E-state index is 0.106. The Hall–Kier alpha value is -2.91. The zero-order valence-electron chi connectivity index (χ0n) is 21.9. The molecule has 0 saturated carbocycles. The van der Waals surface area contributed by atoms with Crippen molar-refractivity contribution in [1.29, 1.82) is 0 Å². The first kappa shape index (κ1) is 25.2. The van der Waals surface area contributed by atoms with Crippen LogP contribution in [0, 0.1) is 5.92 Å². The van der Waals surface area contributed by atoms with Crippen molar-refractivity contribution >= 4 is 10.9 Å². The van der Waals surface area contributed by atoms with Gasteiger partial charge in [0.1, 0.15) is 0 Å². The van der Waals surface area contributed by atoms with E-state index in [2.05, 4.69) is 93.2 Å². The number of aliphatic hydroxyl groups excluding tert-OH is 1. The first-order chi connectivity index (χ1) is 17.0. The van der Waals surface area contributed by atoms with E-state index in [0.29, 0.717) is 5.92 Å². The molecule has 2 N–H and O–H groups in total. The summed E-state index contributed by atoms with van der Waals surface area (Å²) in [6.07, 6.45) is 9.93. The number of pyridine rings is 1. The molecule has 0 saturated heterocycles. The van der Waals surface area contributed by atoms with Gasteiger partial charge in [-0.1, -0.05) is 77.4 Å². The number of hydrogen-bond acceptors (Lipinski definition) is 2. The third-order valence-electron chi connectivity index (χ3n) is 7.54. The van der Waals surface area contributed by atoms with E-state index in [1.165, 1.54) is 44.3 Å². The van der Waals surface area contributed by atoms with Crippen molar-refractivity contribution in [2.75, 3.05) is 6.61 Å². The van der Waals surface area contributed by atoms with Crippen LogP contribution in [-0.4, -0.2) is 21.7 Å². The summed E-state index contributed by atoms with van der Waals surface area (Å²) in [5.74, 6) is 0.683. The minimum atomic E-state index is 0.106. The van der Waals surface area contributed by atoms with Gasteiger partial charge in [0.2, 0.25) is 0 Å². The van der Waals surface area contributed by atoms with Gasteiger partial charge in [-0.05, 0) is 76.1 Å². The lowest BCUT2D eigenvalue weighted by atomic mass is 9.76. The normalized spacial score (nSPS) is 13.5. The molecule has 4 rings (SSSR count). The number of H-pyrrole nitrogens is 1. The SMILES string of the molecule is CCCC(CO)C(c1ccc(C(C)C)c(-c2c(CC)cccc2CC)c1)c1c[nH]c2cnccc12. The lowest BCUT2D eigenvalue weighted by Gasteiger charge is -2.28. The molecule has 3 heteroatoms. The van der Waals surface area contributed by atoms with E-state index < -0.39 is 0 Å². The first-order valence-corrected chi connectivity index (χ1v) is 13.3. The van der Waals surface area contributed by atoms with Crippen LogP contribution in [0.1, 0.15) is 87.1 Å². The van der Waals surface area contributed by atoms with Crippen molar-refractivity contribution < 1.29 is 5.11 Å². The number of rotatable bonds is 10.